The van der Waals surface area contributed by atoms with Crippen LogP contribution in [0.25, 0.3) is 53.5 Å². The molecule has 0 atom stereocenters. The standard InChI is InChI=1S/C34H35N2SSi2.C13H24O2.Ir/c1-21-15-26(38(3,4)5)16-22(2)31(21)24-13-14-28-29(18-24)37-34-32(35-20-36-33(28)34)25-17-23-11-9-10-12-27(23)30(19-25)39(6,7)8;1-5-10(6-2)12(14)9-13(15)11(7-3)8-4;/h9-16,18-20H,1-8H3;9-11,14H,5-8H2,1-4H3;/q-1;;/b;12-9-;. The van der Waals surface area contributed by atoms with Gasteiger partial charge in [0.25, 0.3) is 0 Å². The van der Waals surface area contributed by atoms with Gasteiger partial charge in [-0.3, -0.25) is 9.78 Å². The fourth-order valence-corrected chi connectivity index (χ4v) is 11.6. The minimum atomic E-state index is -1.59. The monoisotopic (exact) mass is 964 g/mol. The molecule has 2 heterocycles. The summed E-state index contributed by atoms with van der Waals surface area (Å²) in [5.74, 6) is 0.547. The Bertz CT molecular complexity index is 2300. The Labute approximate surface area is 349 Å². The zero-order valence-corrected chi connectivity index (χ0v) is 40.1. The molecule has 2 aromatic heterocycles. The van der Waals surface area contributed by atoms with E-state index in [2.05, 4.69) is 120 Å². The molecule has 293 valence electrons. The largest absolute Gasteiger partial charge is 0.512 e. The Morgan fingerprint density at radius 3 is 2.00 bits per heavy atom. The molecule has 0 aliphatic rings. The molecule has 0 amide bonds. The minimum absolute atomic E-state index is 0. The first-order valence-electron chi connectivity index (χ1n) is 19.7. The molecular formula is C47H59IrN2O2SSi2-. The number of aryl methyl sites for hydroxylation is 2. The molecular weight excluding hydrogens is 905 g/mol. The molecule has 0 saturated heterocycles. The van der Waals surface area contributed by atoms with Gasteiger partial charge in [0.05, 0.1) is 27.4 Å². The number of aliphatic hydroxyl groups excluding tert-OH is 1. The Kier molecular flexibility index (Phi) is 14.8. The number of ketones is 1. The third-order valence-corrected chi connectivity index (χ3v) is 16.1. The first kappa shape index (κ1) is 44.4. The average molecular weight is 964 g/mol. The van der Waals surface area contributed by atoms with Crippen LogP contribution in [0, 0.1) is 31.7 Å². The molecule has 8 heteroatoms. The van der Waals surface area contributed by atoms with E-state index in [1.165, 1.54) is 54.2 Å². The predicted molar refractivity (Wildman–Crippen MR) is 241 cm³/mol. The first-order chi connectivity index (χ1) is 25.5. The van der Waals surface area contributed by atoms with Crippen LogP contribution in [0.3, 0.4) is 0 Å². The number of aromatic nitrogens is 2. The van der Waals surface area contributed by atoms with Crippen LogP contribution in [0.1, 0.15) is 64.5 Å². The summed E-state index contributed by atoms with van der Waals surface area (Å²) in [6.45, 7) is 27.1. The quantitative estimate of drug-likeness (QED) is 0.0608. The van der Waals surface area contributed by atoms with Gasteiger partial charge in [-0.1, -0.05) is 126 Å². The second kappa shape index (κ2) is 18.3. The summed E-state index contributed by atoms with van der Waals surface area (Å²) >= 11 is 1.80. The van der Waals surface area contributed by atoms with E-state index in [0.717, 1.165) is 52.5 Å². The topological polar surface area (TPSA) is 63.1 Å². The van der Waals surface area contributed by atoms with Gasteiger partial charge in [0, 0.05) is 58.5 Å². The molecule has 0 fully saturated rings. The second-order valence-electron chi connectivity index (χ2n) is 16.8. The van der Waals surface area contributed by atoms with Gasteiger partial charge in [-0.2, -0.15) is 0 Å². The first-order valence-corrected chi connectivity index (χ1v) is 27.5. The number of thiophene rings is 1. The van der Waals surface area contributed by atoms with E-state index in [4.69, 9.17) is 9.97 Å². The Morgan fingerprint density at radius 1 is 0.800 bits per heavy atom. The molecule has 0 saturated carbocycles. The number of hydrogen-bond acceptors (Lipinski definition) is 5. The molecule has 0 aliphatic carbocycles. The zero-order chi connectivity index (χ0) is 39.5. The summed E-state index contributed by atoms with van der Waals surface area (Å²) in [6.07, 6.45) is 6.63. The van der Waals surface area contributed by atoms with Crippen molar-refractivity contribution in [2.45, 2.75) is 107 Å². The van der Waals surface area contributed by atoms with E-state index in [-0.39, 0.29) is 43.5 Å². The summed E-state index contributed by atoms with van der Waals surface area (Å²) in [5, 5.41) is 16.4. The third kappa shape index (κ3) is 9.83. The molecule has 0 aliphatic heterocycles. The molecule has 1 N–H and O–H groups in total. The van der Waals surface area contributed by atoms with Crippen molar-refractivity contribution in [3.63, 3.8) is 0 Å². The third-order valence-electron chi connectivity index (χ3n) is 10.9. The van der Waals surface area contributed by atoms with Gasteiger partial charge in [-0.15, -0.1) is 40.1 Å². The number of benzene rings is 4. The van der Waals surface area contributed by atoms with E-state index in [1.54, 1.807) is 17.7 Å². The van der Waals surface area contributed by atoms with E-state index in [9.17, 15) is 9.90 Å². The number of hydrogen-bond donors (Lipinski definition) is 1. The summed E-state index contributed by atoms with van der Waals surface area (Å²) < 4.78 is 2.39. The molecule has 4 nitrogen and oxygen atoms in total. The van der Waals surface area contributed by atoms with Crippen molar-refractivity contribution in [3.8, 4) is 22.4 Å². The van der Waals surface area contributed by atoms with Crippen molar-refractivity contribution >= 4 is 74.7 Å². The fraction of sp³-hybridized carbons (Fsp3) is 0.383. The van der Waals surface area contributed by atoms with Crippen molar-refractivity contribution in [1.82, 2.24) is 9.97 Å². The Hall–Kier alpha value is -3.27. The van der Waals surface area contributed by atoms with E-state index in [1.807, 2.05) is 27.7 Å². The summed E-state index contributed by atoms with van der Waals surface area (Å²) in [4.78, 5) is 21.3. The smallest absolute Gasteiger partial charge is 0.162 e. The summed E-state index contributed by atoms with van der Waals surface area (Å²) in [5.41, 5.74) is 8.43. The Morgan fingerprint density at radius 2 is 1.42 bits per heavy atom. The number of rotatable bonds is 11. The number of carbonyl (C=O) groups excluding carboxylic acids is 1. The minimum Gasteiger partial charge on any atom is -0.512 e. The summed E-state index contributed by atoms with van der Waals surface area (Å²) in [7, 11) is -2.96. The number of fused-ring (bicyclic) bond motifs is 4. The average Bonchev–Trinajstić information content (AvgIpc) is 3.49. The van der Waals surface area contributed by atoms with E-state index >= 15 is 0 Å². The van der Waals surface area contributed by atoms with Gasteiger partial charge in [-0.05, 0) is 67.9 Å². The molecule has 6 aromatic rings. The van der Waals surface area contributed by atoms with Crippen LogP contribution in [0.15, 0.2) is 78.8 Å². The van der Waals surface area contributed by atoms with Gasteiger partial charge in [0.15, 0.2) is 5.78 Å². The predicted octanol–water partition coefficient (Wildman–Crippen LogP) is 12.7. The van der Waals surface area contributed by atoms with Gasteiger partial charge < -0.3 is 5.11 Å². The van der Waals surface area contributed by atoms with E-state index < -0.39 is 16.1 Å². The molecule has 55 heavy (non-hydrogen) atoms. The van der Waals surface area contributed by atoms with Crippen LogP contribution in [0.2, 0.25) is 39.3 Å². The van der Waals surface area contributed by atoms with Gasteiger partial charge >= 0.3 is 0 Å². The summed E-state index contributed by atoms with van der Waals surface area (Å²) in [6, 6.07) is 26.4. The van der Waals surface area contributed by atoms with Crippen molar-refractivity contribution in [2.75, 3.05) is 0 Å². The van der Waals surface area contributed by atoms with Crippen LogP contribution in [0.4, 0.5) is 0 Å². The van der Waals surface area contributed by atoms with Crippen LogP contribution >= 0.6 is 11.3 Å². The molecule has 0 spiro atoms. The van der Waals surface area contributed by atoms with Crippen molar-refractivity contribution in [2.24, 2.45) is 11.8 Å². The maximum atomic E-state index is 11.7. The van der Waals surface area contributed by atoms with E-state index in [0.29, 0.717) is 0 Å². The van der Waals surface area contributed by atoms with Crippen molar-refractivity contribution in [1.29, 1.82) is 0 Å². The SMILES string of the molecule is CCC(CC)C(=O)/C=C(\O)C(CC)CC.Cc1cc([Si](C)(C)C)cc(C)c1-c1ccc2c(c1)sc1c(-c3[c-]c4ccccc4c([Si](C)(C)C)c3)ncnc12.[Ir]. The molecule has 0 bridgehead atoms. The molecule has 1 radical (unpaired) electrons. The van der Waals surface area contributed by atoms with Crippen molar-refractivity contribution < 1.29 is 30.0 Å². The van der Waals surface area contributed by atoms with Crippen LogP contribution in [0.5, 0.6) is 0 Å². The van der Waals surface area contributed by atoms with Crippen LogP contribution in [-0.2, 0) is 24.9 Å². The number of nitrogens with zero attached hydrogens (tertiary/aromatic N) is 2. The number of aliphatic hydroxyl groups is 1. The number of allylic oxidation sites excluding steroid dienone is 2. The van der Waals surface area contributed by atoms with Crippen LogP contribution < -0.4 is 10.4 Å². The fourth-order valence-electron chi connectivity index (χ4n) is 7.53. The zero-order valence-electron chi connectivity index (χ0n) is 34.9. The Balaban J connectivity index is 0.000000360. The second-order valence-corrected chi connectivity index (χ2v) is 28.0. The maximum absolute atomic E-state index is 11.7. The van der Waals surface area contributed by atoms with Gasteiger partial charge in [0.1, 0.15) is 6.33 Å². The van der Waals surface area contributed by atoms with Gasteiger partial charge in [0.2, 0.25) is 0 Å². The molecule has 4 aromatic carbocycles. The van der Waals surface area contributed by atoms with Crippen molar-refractivity contribution in [3.05, 3.63) is 96.0 Å². The van der Waals surface area contributed by atoms with Crippen LogP contribution in [-0.4, -0.2) is 37.0 Å². The normalized spacial score (nSPS) is 12.4. The molecule has 6 rings (SSSR count). The maximum Gasteiger partial charge on any atom is 0.162 e. The molecule has 0 unspecified atom stereocenters. The number of carbonyl (C=O) groups is 1. The van der Waals surface area contributed by atoms with Gasteiger partial charge in [-0.25, -0.2) is 4.98 Å².